The van der Waals surface area contributed by atoms with E-state index in [-0.39, 0.29) is 81.7 Å². The van der Waals surface area contributed by atoms with Crippen LogP contribution in [-0.4, -0.2) is 167 Å². The molecule has 0 saturated carbocycles. The standard InChI is InChI=1S/C56H78N12O15S2/c57-19-5-4-9-34(52(79)63-28-49(61)76)23-46(73)43-10-6-20-68(43)56(83)42-31-85-84-30-41(64-51(78)29-62-50(77)18-15-38(70)27-58)55(82)66-40(22-33-11-13-37(69)14-12-33)45(72)24-35(21-32-7-2-1-3-8-32)53(80)65-39(16-17-47(59)74)44(71)25-36(26-48(60)75)54(81)67-42/h1-3,7-8,11-14,34-36,39-43,69H,4-6,9-10,15-31,57-58H2,(H2,59,74)(H2,60,75)(H2,61,76)(H,62,77)(H,63,79)(H,64,78)(H,65,80)(H,66,82)(H,67,81)/t34-,35-,36+,39+,40+,41-,42+,43+/m1/s1. The molecule has 2 aromatic rings. The van der Waals surface area contributed by atoms with Crippen molar-refractivity contribution in [1.29, 1.82) is 0 Å². The molecule has 8 atom stereocenters. The zero-order chi connectivity index (χ0) is 62.6. The Balaban J connectivity index is 1.81. The lowest BCUT2D eigenvalue weighted by molar-refractivity contribution is -0.142. The first kappa shape index (κ1) is 69.7. The average Bonchev–Trinajstić information content (AvgIpc) is 4.23. The van der Waals surface area contributed by atoms with Gasteiger partial charge in [-0.2, -0.15) is 0 Å². The molecule has 2 aliphatic heterocycles. The van der Waals surface area contributed by atoms with Crippen molar-refractivity contribution in [2.45, 2.75) is 127 Å². The van der Waals surface area contributed by atoms with Crippen molar-refractivity contribution in [2.75, 3.05) is 44.2 Å². The second-order valence-electron chi connectivity index (χ2n) is 20.9. The summed E-state index contributed by atoms with van der Waals surface area (Å²) >= 11 is 0. The van der Waals surface area contributed by atoms with Crippen LogP contribution in [0.4, 0.5) is 0 Å². The van der Waals surface area contributed by atoms with Gasteiger partial charge in [0.25, 0.3) is 0 Å². The Morgan fingerprint density at radius 2 is 1.32 bits per heavy atom. The number of likely N-dealkylation sites (tertiary alicyclic amines) is 1. The number of carbonyl (C=O) groups excluding carboxylic acids is 14. The predicted molar refractivity (Wildman–Crippen MR) is 312 cm³/mol. The third kappa shape index (κ3) is 24.8. The Morgan fingerprint density at radius 3 is 1.98 bits per heavy atom. The van der Waals surface area contributed by atoms with Crippen LogP contribution in [0.3, 0.4) is 0 Å². The van der Waals surface area contributed by atoms with E-state index in [1.54, 1.807) is 30.3 Å². The zero-order valence-corrected chi connectivity index (χ0v) is 48.8. The van der Waals surface area contributed by atoms with Crippen LogP contribution in [-0.2, 0) is 80.0 Å². The molecular weight excluding hydrogens is 1140 g/mol. The zero-order valence-electron chi connectivity index (χ0n) is 47.2. The maximum atomic E-state index is 14.9. The minimum Gasteiger partial charge on any atom is -0.508 e. The summed E-state index contributed by atoms with van der Waals surface area (Å²) in [5.74, 6) is -15.4. The fraction of sp³-hybridized carbons (Fsp3) is 0.536. The third-order valence-electron chi connectivity index (χ3n) is 14.2. The molecule has 0 aliphatic carbocycles. The van der Waals surface area contributed by atoms with Crippen LogP contribution in [0.25, 0.3) is 0 Å². The smallest absolute Gasteiger partial charge is 0.246 e. The number of hydrogen-bond donors (Lipinski definition) is 12. The van der Waals surface area contributed by atoms with Crippen molar-refractivity contribution in [3.05, 3.63) is 65.7 Å². The number of Topliss-reactive ketones (excluding diaryl/α,β-unsaturated/α-hetero) is 4. The fourth-order valence-electron chi connectivity index (χ4n) is 9.57. The van der Waals surface area contributed by atoms with Crippen LogP contribution < -0.4 is 60.6 Å². The molecule has 29 heteroatoms. The van der Waals surface area contributed by atoms with Gasteiger partial charge in [-0.1, -0.05) is 70.5 Å². The van der Waals surface area contributed by atoms with Crippen molar-refractivity contribution >= 4 is 104 Å². The molecule has 17 N–H and O–H groups in total. The van der Waals surface area contributed by atoms with E-state index in [1.165, 1.54) is 29.2 Å². The van der Waals surface area contributed by atoms with Gasteiger partial charge in [-0.3, -0.25) is 67.1 Å². The molecule has 0 radical (unpaired) electrons. The number of nitrogens with two attached hydrogens (primary N) is 5. The SMILES string of the molecule is NCCCC[C@H](CC(=O)[C@@H]1CCCN1C(=O)[C@@H]1CSSC[C@@H](NC(=O)CNC(=O)CCC(=O)CN)C(=O)N[C@@H](Cc2ccc(O)cc2)C(=O)C[C@@H](Cc2ccccc2)C(=O)N[C@@H](CCC(N)=O)C(=O)C[C@@H](CC(N)=O)C(=O)N1)C(=O)NCC(N)=O. The summed E-state index contributed by atoms with van der Waals surface area (Å²) in [6, 6.07) is 7.07. The predicted octanol–water partition coefficient (Wildman–Crippen LogP) is -2.48. The van der Waals surface area contributed by atoms with Gasteiger partial charge in [0, 0.05) is 74.8 Å². The molecule has 10 amide bonds. The van der Waals surface area contributed by atoms with Gasteiger partial charge < -0.3 is 70.6 Å². The van der Waals surface area contributed by atoms with Gasteiger partial charge >= 0.3 is 0 Å². The number of carbonyl (C=O) groups is 14. The van der Waals surface area contributed by atoms with E-state index in [0.717, 1.165) is 21.6 Å². The van der Waals surface area contributed by atoms with Crippen LogP contribution in [0.15, 0.2) is 54.6 Å². The van der Waals surface area contributed by atoms with Gasteiger partial charge in [-0.25, -0.2) is 0 Å². The molecule has 0 aromatic heterocycles. The van der Waals surface area contributed by atoms with Gasteiger partial charge in [0.15, 0.2) is 17.3 Å². The second kappa shape index (κ2) is 36.2. The monoisotopic (exact) mass is 1220 g/mol. The Bertz CT molecular complexity index is 2720. The number of nitrogens with zero attached hydrogens (tertiary/aromatic N) is 1. The highest BCUT2D eigenvalue weighted by Gasteiger charge is 2.41. The Kier molecular flexibility index (Phi) is 29.7. The molecule has 4 rings (SSSR count). The molecule has 2 heterocycles. The van der Waals surface area contributed by atoms with Crippen LogP contribution in [0.1, 0.15) is 94.6 Å². The number of rotatable bonds is 27. The van der Waals surface area contributed by atoms with Gasteiger partial charge in [-0.05, 0) is 74.8 Å². The van der Waals surface area contributed by atoms with Gasteiger partial charge in [0.2, 0.25) is 59.1 Å². The van der Waals surface area contributed by atoms with Crippen molar-refractivity contribution in [3.63, 3.8) is 0 Å². The summed E-state index contributed by atoms with van der Waals surface area (Å²) in [7, 11) is 1.84. The maximum absolute atomic E-state index is 14.9. The molecular formula is C56H78N12O15S2. The van der Waals surface area contributed by atoms with E-state index in [4.69, 9.17) is 28.7 Å². The largest absolute Gasteiger partial charge is 0.508 e. The summed E-state index contributed by atoms with van der Waals surface area (Å²) < 4.78 is 0. The molecule has 0 spiro atoms. The molecule has 2 aromatic carbocycles. The van der Waals surface area contributed by atoms with Crippen LogP contribution in [0, 0.1) is 17.8 Å². The third-order valence-corrected chi connectivity index (χ3v) is 16.6. The number of phenols is 1. The highest BCUT2D eigenvalue weighted by atomic mass is 33.1. The van der Waals surface area contributed by atoms with Gasteiger partial charge in [-0.15, -0.1) is 0 Å². The van der Waals surface area contributed by atoms with E-state index in [9.17, 15) is 72.2 Å². The average molecular weight is 1220 g/mol. The minimum atomic E-state index is -1.59. The molecule has 0 bridgehead atoms. The minimum absolute atomic E-state index is 0.0129. The van der Waals surface area contributed by atoms with Crippen molar-refractivity contribution < 1.29 is 72.2 Å². The lowest BCUT2D eigenvalue weighted by atomic mass is 9.88. The molecule has 85 heavy (non-hydrogen) atoms. The van der Waals surface area contributed by atoms with E-state index in [2.05, 4.69) is 31.9 Å². The lowest BCUT2D eigenvalue weighted by Crippen LogP contribution is -2.55. The number of primary amides is 3. The molecule has 2 aliphatic rings. The summed E-state index contributed by atoms with van der Waals surface area (Å²) in [5, 5.41) is 25.4. The molecule has 0 unspecified atom stereocenters. The summed E-state index contributed by atoms with van der Waals surface area (Å²) in [5.41, 5.74) is 28.5. The van der Waals surface area contributed by atoms with Crippen LogP contribution in [0.5, 0.6) is 5.75 Å². The number of unbranched alkanes of at least 4 members (excludes halogenated alkanes) is 1. The van der Waals surface area contributed by atoms with Gasteiger partial charge in [0.05, 0.1) is 43.7 Å². The van der Waals surface area contributed by atoms with E-state index in [1.807, 2.05) is 0 Å². The summed E-state index contributed by atoms with van der Waals surface area (Å²) in [6.45, 7) is -1.13. The number of hydrogen-bond acceptors (Lipinski definition) is 19. The fourth-order valence-corrected chi connectivity index (χ4v) is 11.9. The van der Waals surface area contributed by atoms with E-state index >= 15 is 0 Å². The first-order valence-electron chi connectivity index (χ1n) is 27.9. The Morgan fingerprint density at radius 1 is 0.671 bits per heavy atom. The molecule has 2 fully saturated rings. The molecule has 2 saturated heterocycles. The number of nitrogens with one attached hydrogen (secondary N) is 6. The van der Waals surface area contributed by atoms with Crippen molar-refractivity contribution in [2.24, 2.45) is 46.4 Å². The maximum Gasteiger partial charge on any atom is 0.246 e. The molecule has 464 valence electrons. The highest BCUT2D eigenvalue weighted by molar-refractivity contribution is 8.76. The van der Waals surface area contributed by atoms with Crippen LogP contribution >= 0.6 is 21.6 Å². The van der Waals surface area contributed by atoms with Crippen LogP contribution in [0.2, 0.25) is 0 Å². The molecule has 27 nitrogen and oxygen atoms in total. The Hall–Kier alpha value is -7.76. The second-order valence-corrected chi connectivity index (χ2v) is 23.4. The summed E-state index contributed by atoms with van der Waals surface area (Å²) in [4.78, 5) is 191. The first-order chi connectivity index (χ1) is 40.5. The van der Waals surface area contributed by atoms with Gasteiger partial charge in [0.1, 0.15) is 23.6 Å². The van der Waals surface area contributed by atoms with Crippen molar-refractivity contribution in [1.82, 2.24) is 36.8 Å². The Labute approximate surface area is 499 Å². The van der Waals surface area contributed by atoms with E-state index < -0.39 is 169 Å². The number of phenolic OH excluding ortho intramolecular Hbond substituents is 1. The highest BCUT2D eigenvalue weighted by Crippen LogP contribution is 2.29. The quantitative estimate of drug-likeness (QED) is 0.0326. The first-order valence-corrected chi connectivity index (χ1v) is 30.4. The lowest BCUT2D eigenvalue weighted by Gasteiger charge is -2.30. The normalized spacial score (nSPS) is 21.5. The van der Waals surface area contributed by atoms with E-state index in [0.29, 0.717) is 36.9 Å². The summed E-state index contributed by atoms with van der Waals surface area (Å²) in [6.07, 6.45) is -2.37. The topological polar surface area (TPSA) is 465 Å². The number of aromatic hydroxyl groups is 1. The number of amides is 10. The van der Waals surface area contributed by atoms with Crippen molar-refractivity contribution in [3.8, 4) is 5.75 Å². The number of benzene rings is 2. The number of ketones is 4.